The molecule has 170 valence electrons. The number of halogens is 3. The van der Waals surface area contributed by atoms with Gasteiger partial charge in [-0.2, -0.15) is 13.2 Å². The molecule has 0 saturated heterocycles. The number of hydrogen-bond donors (Lipinski definition) is 2. The van der Waals surface area contributed by atoms with E-state index in [0.29, 0.717) is 24.2 Å². The lowest BCUT2D eigenvalue weighted by molar-refractivity contribution is -0.321. The standard InChI is InChI=1S/C25H32F3NO2/c1-22-10-9-20-17(19(22)8-7-18(22)15-4-3-11-29-14-15)6-5-16-12-24(31,25(26,27)28)21(30)13-23(16,20)2/h3-4,7,11,14,16-17,19-21,30-31H,5-6,8-10,12-13H2,1-2H3/t16?,17-,19-,20+,21?,22+,23-,24?/m0/s1. The maximum atomic E-state index is 13.6. The van der Waals surface area contributed by atoms with Gasteiger partial charge in [-0.25, -0.2) is 0 Å². The summed E-state index contributed by atoms with van der Waals surface area (Å²) >= 11 is 0. The molecule has 0 spiro atoms. The largest absolute Gasteiger partial charge is 0.419 e. The van der Waals surface area contributed by atoms with Crippen molar-refractivity contribution in [2.45, 2.75) is 76.7 Å². The van der Waals surface area contributed by atoms with Crippen molar-refractivity contribution in [2.75, 3.05) is 0 Å². The van der Waals surface area contributed by atoms with Gasteiger partial charge in [-0.3, -0.25) is 4.98 Å². The predicted molar refractivity (Wildman–Crippen MR) is 112 cm³/mol. The lowest BCUT2D eigenvalue weighted by Crippen LogP contribution is -2.65. The minimum absolute atomic E-state index is 0.0289. The Kier molecular flexibility index (Phi) is 4.70. The van der Waals surface area contributed by atoms with Crippen LogP contribution < -0.4 is 0 Å². The average molecular weight is 436 g/mol. The third-order valence-electron chi connectivity index (χ3n) is 9.85. The van der Waals surface area contributed by atoms with Crippen LogP contribution in [0.15, 0.2) is 30.6 Å². The van der Waals surface area contributed by atoms with Gasteiger partial charge in [0.25, 0.3) is 0 Å². The summed E-state index contributed by atoms with van der Waals surface area (Å²) in [7, 11) is 0. The van der Waals surface area contributed by atoms with Crippen LogP contribution in [0.4, 0.5) is 13.2 Å². The second kappa shape index (κ2) is 6.80. The van der Waals surface area contributed by atoms with Crippen LogP contribution in [-0.2, 0) is 0 Å². The summed E-state index contributed by atoms with van der Waals surface area (Å²) in [4.78, 5) is 4.30. The van der Waals surface area contributed by atoms with E-state index in [0.717, 1.165) is 25.7 Å². The number of fused-ring (bicyclic) bond motifs is 5. The maximum absolute atomic E-state index is 13.6. The number of aliphatic hydroxyl groups excluding tert-OH is 1. The normalized spacial score (nSPS) is 47.2. The molecule has 0 bridgehead atoms. The Labute approximate surface area is 181 Å². The van der Waals surface area contributed by atoms with Gasteiger partial charge in [0.1, 0.15) is 0 Å². The van der Waals surface area contributed by atoms with Crippen molar-refractivity contribution >= 4 is 5.57 Å². The van der Waals surface area contributed by atoms with Crippen LogP contribution in [-0.4, -0.2) is 33.1 Å². The Morgan fingerprint density at radius 1 is 1.10 bits per heavy atom. The van der Waals surface area contributed by atoms with E-state index in [1.807, 2.05) is 12.3 Å². The zero-order valence-corrected chi connectivity index (χ0v) is 18.2. The van der Waals surface area contributed by atoms with Gasteiger partial charge in [0.05, 0.1) is 6.10 Å². The molecule has 0 amide bonds. The molecule has 3 fully saturated rings. The number of aromatic nitrogens is 1. The molecule has 2 N–H and O–H groups in total. The Morgan fingerprint density at radius 3 is 2.55 bits per heavy atom. The van der Waals surface area contributed by atoms with Crippen molar-refractivity contribution in [1.29, 1.82) is 0 Å². The topological polar surface area (TPSA) is 53.4 Å². The molecule has 1 aromatic heterocycles. The van der Waals surface area contributed by atoms with E-state index >= 15 is 0 Å². The van der Waals surface area contributed by atoms with Crippen molar-refractivity contribution in [1.82, 2.24) is 4.98 Å². The molecule has 3 saturated carbocycles. The smallest absolute Gasteiger partial charge is 0.390 e. The molecule has 6 heteroatoms. The van der Waals surface area contributed by atoms with Gasteiger partial charge in [-0.05, 0) is 96.7 Å². The molecule has 0 aromatic carbocycles. The van der Waals surface area contributed by atoms with E-state index in [1.54, 1.807) is 6.20 Å². The fourth-order valence-electron chi connectivity index (χ4n) is 8.13. The first-order valence-corrected chi connectivity index (χ1v) is 11.6. The lowest BCUT2D eigenvalue weighted by atomic mass is 9.43. The quantitative estimate of drug-likeness (QED) is 0.623. The van der Waals surface area contributed by atoms with E-state index < -0.39 is 17.9 Å². The van der Waals surface area contributed by atoms with Crippen molar-refractivity contribution in [2.24, 2.45) is 34.5 Å². The molecular formula is C25H32F3NO2. The molecule has 4 aliphatic rings. The first kappa shape index (κ1) is 21.4. The third-order valence-corrected chi connectivity index (χ3v) is 9.85. The summed E-state index contributed by atoms with van der Waals surface area (Å²) < 4.78 is 40.8. The first-order valence-electron chi connectivity index (χ1n) is 11.6. The van der Waals surface area contributed by atoms with E-state index in [-0.39, 0.29) is 29.6 Å². The molecule has 0 aliphatic heterocycles. The number of alkyl halides is 3. The van der Waals surface area contributed by atoms with Crippen LogP contribution >= 0.6 is 0 Å². The van der Waals surface area contributed by atoms with Gasteiger partial charge >= 0.3 is 6.18 Å². The second-order valence-electron chi connectivity index (χ2n) is 11.1. The fourth-order valence-corrected chi connectivity index (χ4v) is 8.13. The second-order valence-corrected chi connectivity index (χ2v) is 11.1. The number of allylic oxidation sites excluding steroid dienone is 2. The monoisotopic (exact) mass is 435 g/mol. The van der Waals surface area contributed by atoms with Crippen molar-refractivity contribution in [3.63, 3.8) is 0 Å². The molecular weight excluding hydrogens is 403 g/mol. The van der Waals surface area contributed by atoms with Crippen LogP contribution in [0.25, 0.3) is 5.57 Å². The number of nitrogens with zero attached hydrogens (tertiary/aromatic N) is 1. The SMILES string of the molecule is C[C@]12CC(O)C(O)(C(F)(F)F)CC1CC[C@@H]1[C@H]2CC[C@]2(C)C(c3cccnc3)=CC[C@@H]12. The molecule has 1 heterocycles. The summed E-state index contributed by atoms with van der Waals surface area (Å²) in [6.45, 7) is 4.44. The van der Waals surface area contributed by atoms with Gasteiger partial charge in [-0.1, -0.05) is 26.0 Å². The van der Waals surface area contributed by atoms with Crippen LogP contribution in [0.5, 0.6) is 0 Å². The van der Waals surface area contributed by atoms with Gasteiger partial charge in [0.15, 0.2) is 5.60 Å². The zero-order chi connectivity index (χ0) is 22.2. The lowest BCUT2D eigenvalue weighted by Gasteiger charge is -2.62. The van der Waals surface area contributed by atoms with E-state index in [2.05, 4.69) is 31.0 Å². The summed E-state index contributed by atoms with van der Waals surface area (Å²) in [6.07, 6.45) is 3.72. The predicted octanol–water partition coefficient (Wildman–Crippen LogP) is 5.38. The molecule has 31 heavy (non-hydrogen) atoms. The van der Waals surface area contributed by atoms with Gasteiger partial charge in [0.2, 0.25) is 0 Å². The fraction of sp³-hybridized carbons (Fsp3) is 0.720. The third kappa shape index (κ3) is 2.90. The van der Waals surface area contributed by atoms with E-state index in [4.69, 9.17) is 0 Å². The number of rotatable bonds is 1. The highest BCUT2D eigenvalue weighted by molar-refractivity contribution is 5.72. The highest BCUT2D eigenvalue weighted by atomic mass is 19.4. The average Bonchev–Trinajstić information content (AvgIpc) is 3.06. The first-order chi connectivity index (χ1) is 14.5. The molecule has 8 atom stereocenters. The molecule has 1 aromatic rings. The van der Waals surface area contributed by atoms with E-state index in [1.165, 1.54) is 11.1 Å². The Balaban J connectivity index is 1.43. The molecule has 0 radical (unpaired) electrons. The number of pyridine rings is 1. The molecule has 5 rings (SSSR count). The van der Waals surface area contributed by atoms with Crippen molar-refractivity contribution < 1.29 is 23.4 Å². The van der Waals surface area contributed by atoms with Gasteiger partial charge in [-0.15, -0.1) is 0 Å². The summed E-state index contributed by atoms with van der Waals surface area (Å²) in [6, 6.07) is 4.09. The molecule has 4 aliphatic carbocycles. The molecule has 3 unspecified atom stereocenters. The van der Waals surface area contributed by atoms with Gasteiger partial charge in [0, 0.05) is 12.4 Å². The molecule has 3 nitrogen and oxygen atoms in total. The minimum atomic E-state index is -4.80. The number of aliphatic hydroxyl groups is 2. The van der Waals surface area contributed by atoms with Crippen molar-refractivity contribution in [3.05, 3.63) is 36.2 Å². The zero-order valence-electron chi connectivity index (χ0n) is 18.2. The van der Waals surface area contributed by atoms with Crippen LogP contribution in [0.3, 0.4) is 0 Å². The summed E-state index contributed by atoms with van der Waals surface area (Å²) in [5, 5.41) is 20.9. The van der Waals surface area contributed by atoms with E-state index in [9.17, 15) is 23.4 Å². The van der Waals surface area contributed by atoms with Crippen LogP contribution in [0.2, 0.25) is 0 Å². The number of hydrogen-bond acceptors (Lipinski definition) is 3. The van der Waals surface area contributed by atoms with Crippen molar-refractivity contribution in [3.8, 4) is 0 Å². The Bertz CT molecular complexity index is 887. The van der Waals surface area contributed by atoms with Gasteiger partial charge < -0.3 is 10.2 Å². The maximum Gasteiger partial charge on any atom is 0.419 e. The highest BCUT2D eigenvalue weighted by Gasteiger charge is 2.67. The van der Waals surface area contributed by atoms with Crippen LogP contribution in [0.1, 0.15) is 64.4 Å². The highest BCUT2D eigenvalue weighted by Crippen LogP contribution is 2.68. The summed E-state index contributed by atoms with van der Waals surface area (Å²) in [5.74, 6) is 0.994. The summed E-state index contributed by atoms with van der Waals surface area (Å²) in [5.41, 5.74) is -0.734. The van der Waals surface area contributed by atoms with Crippen LogP contribution in [0, 0.1) is 34.5 Å². The Hall–Kier alpha value is -1.40. The minimum Gasteiger partial charge on any atom is -0.390 e. The Morgan fingerprint density at radius 2 is 1.87 bits per heavy atom.